The van der Waals surface area contributed by atoms with E-state index in [-0.39, 0.29) is 24.7 Å². The van der Waals surface area contributed by atoms with Crippen LogP contribution >= 0.6 is 47.0 Å². The zero-order chi connectivity index (χ0) is 45.4. The maximum Gasteiger partial charge on any atom is 0.147 e. The Morgan fingerprint density at radius 1 is 0.269 bits per heavy atom. The van der Waals surface area contributed by atoms with Gasteiger partial charge < -0.3 is 33.9 Å². The maximum atomic E-state index is 12.6. The predicted molar refractivity (Wildman–Crippen MR) is 271 cm³/mol. The quantitative estimate of drug-likeness (QED) is 0.177. The number of phenolic OH excluding ortho intramolecular Hbond substituents is 2. The number of rotatable bonds is 4. The molecule has 67 heavy (non-hydrogen) atoms. The van der Waals surface area contributed by atoms with Crippen molar-refractivity contribution < 1.29 is 33.9 Å². The van der Waals surface area contributed by atoms with E-state index in [1.807, 2.05) is 97.1 Å². The van der Waals surface area contributed by atoms with Gasteiger partial charge in [0.05, 0.1) is 78.8 Å². The molecule has 2 N–H and O–H groups in total. The third-order valence-electron chi connectivity index (χ3n) is 11.1. The molecule has 7 nitrogen and oxygen atoms in total. The zero-order valence-electron chi connectivity index (χ0n) is 36.4. The van der Waals surface area contributed by atoms with E-state index >= 15 is 0 Å². The number of hydrogen-bond acceptors (Lipinski definition) is 11. The topological polar surface area (TPSA) is 86.6 Å². The fraction of sp³-hybridized carbons (Fsp3) is 0.143. The van der Waals surface area contributed by atoms with E-state index in [9.17, 15) is 10.2 Å². The summed E-state index contributed by atoms with van der Waals surface area (Å²) >= 11 is 5.80. The lowest BCUT2D eigenvalue weighted by molar-refractivity contribution is 0.00450. The van der Waals surface area contributed by atoms with Gasteiger partial charge in [-0.15, -0.1) is 0 Å². The second-order valence-electron chi connectivity index (χ2n) is 15.7. The molecule has 0 radical (unpaired) electrons. The molecule has 0 fully saturated rings. The van der Waals surface area contributed by atoms with Gasteiger partial charge in [0.2, 0.25) is 0 Å². The fourth-order valence-electron chi connectivity index (χ4n) is 7.83. The van der Waals surface area contributed by atoms with Crippen LogP contribution in [0.4, 0.5) is 0 Å². The van der Waals surface area contributed by atoms with E-state index in [0.29, 0.717) is 70.7 Å². The Balaban J connectivity index is 1.26. The van der Waals surface area contributed by atoms with Crippen molar-refractivity contribution in [3.63, 3.8) is 0 Å². The molecule has 8 aromatic carbocycles. The molecule has 0 unspecified atom stereocenters. The van der Waals surface area contributed by atoms with Crippen molar-refractivity contribution in [3.8, 4) is 67.5 Å². The van der Waals surface area contributed by atoms with Gasteiger partial charge in [0.1, 0.15) is 36.2 Å². The van der Waals surface area contributed by atoms with Crippen LogP contribution in [0.15, 0.2) is 209 Å². The van der Waals surface area contributed by atoms with E-state index in [2.05, 4.69) is 72.8 Å². The molecule has 2 aliphatic rings. The van der Waals surface area contributed by atoms with Crippen LogP contribution in [0.5, 0.6) is 23.0 Å². The van der Waals surface area contributed by atoms with E-state index in [4.69, 9.17) is 23.7 Å². The maximum absolute atomic E-state index is 12.6. The zero-order valence-corrected chi connectivity index (χ0v) is 39.7. The lowest BCUT2D eigenvalue weighted by Gasteiger charge is -2.22. The molecule has 10 rings (SSSR count). The normalized spacial score (nSPS) is 14.6. The van der Waals surface area contributed by atoms with Gasteiger partial charge in [-0.25, -0.2) is 0 Å². The van der Waals surface area contributed by atoms with E-state index < -0.39 is 0 Å². The first-order valence-corrected chi connectivity index (χ1v) is 25.3. The van der Waals surface area contributed by atoms with Crippen molar-refractivity contribution in [1.29, 1.82) is 0 Å². The number of aromatic hydroxyl groups is 2. The molecule has 0 spiro atoms. The molecule has 0 saturated carbocycles. The molecular formula is C56H46O7S4. The van der Waals surface area contributed by atoms with Gasteiger partial charge in [-0.1, -0.05) is 168 Å². The highest BCUT2D eigenvalue weighted by Gasteiger charge is 2.26. The summed E-state index contributed by atoms with van der Waals surface area (Å²) in [4.78, 5) is 5.79. The summed E-state index contributed by atoms with van der Waals surface area (Å²) in [6, 6.07) is 57.7. The third kappa shape index (κ3) is 10.7. The first-order chi connectivity index (χ1) is 33.0. The Morgan fingerprint density at radius 2 is 0.493 bits per heavy atom. The van der Waals surface area contributed by atoms with Gasteiger partial charge in [-0.2, -0.15) is 0 Å². The molecular weight excluding hydrogens is 913 g/mol. The van der Waals surface area contributed by atoms with Crippen LogP contribution in [0.3, 0.4) is 0 Å². The van der Waals surface area contributed by atoms with Gasteiger partial charge in [-0.05, 0) is 93.0 Å². The second-order valence-corrected chi connectivity index (χ2v) is 20.0. The smallest absolute Gasteiger partial charge is 0.147 e. The van der Waals surface area contributed by atoms with Crippen LogP contribution in [-0.4, -0.2) is 63.1 Å². The SMILES string of the molecule is Oc1c2cc(-c3ccccc3)cc1Sc1cc(-c3ccccc3)cc3c1OCCOCCOCCOCCOc1c(cc(-c4ccccc4)cc1Sc1cc(-c4ccccc4)cc(c1O)S3)S2. The highest BCUT2D eigenvalue weighted by Crippen LogP contribution is 2.56. The number of hydrogen-bond donors (Lipinski definition) is 2. The number of phenols is 2. The highest BCUT2D eigenvalue weighted by molar-refractivity contribution is 8.01. The van der Waals surface area contributed by atoms with Gasteiger partial charge in [0.25, 0.3) is 0 Å². The van der Waals surface area contributed by atoms with Gasteiger partial charge >= 0.3 is 0 Å². The lowest BCUT2D eigenvalue weighted by atomic mass is 10.1. The minimum atomic E-state index is 0.140. The molecule has 0 aliphatic carbocycles. The average molecular weight is 959 g/mol. The molecule has 0 atom stereocenters. The van der Waals surface area contributed by atoms with Crippen LogP contribution in [-0.2, 0) is 14.2 Å². The third-order valence-corrected chi connectivity index (χ3v) is 15.3. The number of ether oxygens (including phenoxy) is 5. The molecule has 11 heteroatoms. The molecule has 336 valence electrons. The van der Waals surface area contributed by atoms with E-state index in [1.165, 1.54) is 47.0 Å². The molecule has 0 amide bonds. The first-order valence-electron chi connectivity index (χ1n) is 22.1. The standard InChI is InChI=1S/C56H46O7S4/c57-53-45-29-41(37-13-5-1-6-14-37)30-46(53)65-50-34-44(40-19-11-4-12-20-40)36-52-56(50)63-28-26-61-24-22-59-21-23-60-25-27-62-55-49(64-45)33-43(39-17-9-3-10-18-39)35-51(55)66-47-31-42(32-48(67-52)54(47)58)38-15-7-2-8-16-38/h1-20,29-36,57-58H,21-28H2. The van der Waals surface area contributed by atoms with Crippen molar-refractivity contribution in [2.24, 2.45) is 0 Å². The van der Waals surface area contributed by atoms with Crippen LogP contribution in [0.1, 0.15) is 0 Å². The van der Waals surface area contributed by atoms with Crippen molar-refractivity contribution >= 4 is 47.0 Å². The van der Waals surface area contributed by atoms with Gasteiger partial charge in [-0.3, -0.25) is 0 Å². The minimum Gasteiger partial charge on any atom is -0.506 e. The summed E-state index contributed by atoms with van der Waals surface area (Å²) in [7, 11) is 0. The summed E-state index contributed by atoms with van der Waals surface area (Å²) in [6.07, 6.45) is 0. The molecule has 10 bridgehead atoms. The predicted octanol–water partition coefficient (Wildman–Crippen LogP) is 14.5. The fourth-order valence-corrected chi connectivity index (χ4v) is 12.4. The van der Waals surface area contributed by atoms with E-state index in [1.54, 1.807) is 0 Å². The van der Waals surface area contributed by atoms with Crippen molar-refractivity contribution in [2.45, 2.75) is 39.2 Å². The van der Waals surface area contributed by atoms with Crippen LogP contribution in [0.2, 0.25) is 0 Å². The Morgan fingerprint density at radius 3 is 0.746 bits per heavy atom. The van der Waals surface area contributed by atoms with Crippen molar-refractivity contribution in [3.05, 3.63) is 170 Å². The van der Waals surface area contributed by atoms with E-state index in [0.717, 1.165) is 64.1 Å². The molecule has 0 aromatic heterocycles. The van der Waals surface area contributed by atoms with Crippen LogP contribution < -0.4 is 9.47 Å². The van der Waals surface area contributed by atoms with Crippen molar-refractivity contribution in [2.75, 3.05) is 52.9 Å². The van der Waals surface area contributed by atoms with Crippen molar-refractivity contribution in [1.82, 2.24) is 0 Å². The van der Waals surface area contributed by atoms with Crippen LogP contribution in [0, 0.1) is 0 Å². The molecule has 0 saturated heterocycles. The Hall–Kier alpha value is -5.76. The number of benzene rings is 8. The Kier molecular flexibility index (Phi) is 14.4. The molecule has 2 aliphatic heterocycles. The monoisotopic (exact) mass is 958 g/mol. The minimum absolute atomic E-state index is 0.140. The first kappa shape index (κ1) is 45.0. The summed E-state index contributed by atoms with van der Waals surface area (Å²) < 4.78 is 31.4. The summed E-state index contributed by atoms with van der Waals surface area (Å²) in [5, 5.41) is 25.3. The Labute approximate surface area is 407 Å². The summed E-state index contributed by atoms with van der Waals surface area (Å²) in [5.41, 5.74) is 7.89. The molecule has 2 heterocycles. The summed E-state index contributed by atoms with van der Waals surface area (Å²) in [5.74, 6) is 1.52. The number of fused-ring (bicyclic) bond motifs is 2. The summed E-state index contributed by atoms with van der Waals surface area (Å²) in [6.45, 7) is 2.78. The largest absolute Gasteiger partial charge is 0.506 e. The van der Waals surface area contributed by atoms with Gasteiger partial charge in [0.15, 0.2) is 0 Å². The Bertz CT molecular complexity index is 2670. The van der Waals surface area contributed by atoms with Crippen LogP contribution in [0.25, 0.3) is 44.5 Å². The molecule has 8 aromatic rings. The lowest BCUT2D eigenvalue weighted by Crippen LogP contribution is -2.14. The van der Waals surface area contributed by atoms with Gasteiger partial charge in [0, 0.05) is 0 Å². The highest BCUT2D eigenvalue weighted by atomic mass is 32.2. The second kappa shape index (κ2) is 21.5. The average Bonchev–Trinajstić information content (AvgIpc) is 3.36.